The molecule has 0 aliphatic carbocycles. The molecule has 0 saturated heterocycles. The summed E-state index contributed by atoms with van der Waals surface area (Å²) < 4.78 is 0. The second kappa shape index (κ2) is 3.41. The third-order valence-corrected chi connectivity index (χ3v) is 2.46. The number of nitrogens with zero attached hydrogens (tertiary/aromatic N) is 3. The Morgan fingerprint density at radius 3 is 2.82 bits per heavy atom. The van der Waals surface area contributed by atoms with Gasteiger partial charge < -0.3 is 10.1 Å². The maximum absolute atomic E-state index is 11.8. The number of H-pyrrole nitrogens is 2. The summed E-state index contributed by atoms with van der Waals surface area (Å²) in [5.41, 5.74) is 0.113. The van der Waals surface area contributed by atoms with Crippen LogP contribution >= 0.6 is 0 Å². The number of fused-ring (bicyclic) bond motifs is 1. The molecule has 0 aliphatic rings. The molecule has 1 aromatic carbocycles. The van der Waals surface area contributed by atoms with Gasteiger partial charge in [0.25, 0.3) is 5.56 Å². The van der Waals surface area contributed by atoms with Crippen LogP contribution in [0.3, 0.4) is 0 Å². The number of hydrogen-bond acceptors (Lipinski definition) is 5. The maximum atomic E-state index is 11.8. The molecule has 0 amide bonds. The van der Waals surface area contributed by atoms with Gasteiger partial charge in [0.2, 0.25) is 5.82 Å². The van der Waals surface area contributed by atoms with Crippen molar-refractivity contribution in [1.29, 1.82) is 0 Å². The Bertz CT molecular complexity index is 732. The first-order chi connectivity index (χ1) is 8.27. The predicted molar refractivity (Wildman–Crippen MR) is 59.4 cm³/mol. The first-order valence-corrected chi connectivity index (χ1v) is 4.85. The molecular weight excluding hydrogens is 222 g/mol. The molecule has 0 spiro atoms. The number of para-hydroxylation sites is 1. The van der Waals surface area contributed by atoms with Gasteiger partial charge in [0.15, 0.2) is 0 Å². The normalized spacial score (nSPS) is 10.8. The minimum Gasteiger partial charge on any atom is -0.506 e. The van der Waals surface area contributed by atoms with E-state index in [0.717, 1.165) is 0 Å². The van der Waals surface area contributed by atoms with E-state index in [1.165, 1.54) is 0 Å². The molecule has 3 N–H and O–H groups in total. The molecule has 2 aromatic heterocycles. The average Bonchev–Trinajstić information content (AvgIpc) is 2.83. The number of rotatable bonds is 1. The third-order valence-electron chi connectivity index (χ3n) is 2.46. The molecule has 7 heteroatoms. The van der Waals surface area contributed by atoms with Gasteiger partial charge in [-0.2, -0.15) is 5.21 Å². The first kappa shape index (κ1) is 9.52. The SMILES string of the molecule is O=c1[nH]c2ccccc2c(O)c1-c1nn[nH]n1. The van der Waals surface area contributed by atoms with Crippen molar-refractivity contribution in [3.63, 3.8) is 0 Å². The fourth-order valence-electron chi connectivity index (χ4n) is 1.70. The fraction of sp³-hybridized carbons (Fsp3) is 0. The van der Waals surface area contributed by atoms with Crippen LogP contribution in [0.25, 0.3) is 22.3 Å². The highest BCUT2D eigenvalue weighted by Crippen LogP contribution is 2.29. The largest absolute Gasteiger partial charge is 0.506 e. The molecule has 84 valence electrons. The van der Waals surface area contributed by atoms with Gasteiger partial charge >= 0.3 is 0 Å². The summed E-state index contributed by atoms with van der Waals surface area (Å²) in [6, 6.07) is 6.94. The number of aromatic amines is 2. The highest BCUT2D eigenvalue weighted by Gasteiger charge is 2.16. The summed E-state index contributed by atoms with van der Waals surface area (Å²) >= 11 is 0. The Morgan fingerprint density at radius 2 is 2.06 bits per heavy atom. The lowest BCUT2D eigenvalue weighted by Gasteiger charge is -2.03. The van der Waals surface area contributed by atoms with Crippen LogP contribution < -0.4 is 5.56 Å². The van der Waals surface area contributed by atoms with Crippen LogP contribution in [0.5, 0.6) is 5.75 Å². The zero-order valence-electron chi connectivity index (χ0n) is 8.51. The highest BCUT2D eigenvalue weighted by atomic mass is 16.3. The van der Waals surface area contributed by atoms with Crippen LogP contribution in [-0.2, 0) is 0 Å². The van der Waals surface area contributed by atoms with Gasteiger partial charge in [-0.25, -0.2) is 0 Å². The van der Waals surface area contributed by atoms with Crippen LogP contribution in [0.2, 0.25) is 0 Å². The second-order valence-electron chi connectivity index (χ2n) is 3.46. The number of tetrazole rings is 1. The van der Waals surface area contributed by atoms with Crippen molar-refractivity contribution in [2.24, 2.45) is 0 Å². The molecule has 0 radical (unpaired) electrons. The number of benzene rings is 1. The first-order valence-electron chi connectivity index (χ1n) is 4.85. The van der Waals surface area contributed by atoms with Crippen LogP contribution in [0.15, 0.2) is 29.1 Å². The van der Waals surface area contributed by atoms with Crippen molar-refractivity contribution in [1.82, 2.24) is 25.6 Å². The minimum atomic E-state index is -0.456. The van der Waals surface area contributed by atoms with E-state index in [1.54, 1.807) is 24.3 Å². The number of hydrogen-bond donors (Lipinski definition) is 3. The smallest absolute Gasteiger partial charge is 0.263 e. The van der Waals surface area contributed by atoms with E-state index in [9.17, 15) is 9.90 Å². The van der Waals surface area contributed by atoms with Crippen molar-refractivity contribution in [2.75, 3.05) is 0 Å². The van der Waals surface area contributed by atoms with E-state index in [0.29, 0.717) is 10.9 Å². The molecule has 2 heterocycles. The van der Waals surface area contributed by atoms with Gasteiger partial charge in [-0.3, -0.25) is 4.79 Å². The van der Waals surface area contributed by atoms with Gasteiger partial charge in [-0.05, 0) is 17.3 Å². The molecule has 0 unspecified atom stereocenters. The lowest BCUT2D eigenvalue weighted by atomic mass is 10.1. The van der Waals surface area contributed by atoms with E-state index < -0.39 is 5.56 Å². The Balaban J connectivity index is 2.44. The van der Waals surface area contributed by atoms with Gasteiger partial charge in [-0.15, -0.1) is 10.2 Å². The molecular formula is C10H7N5O2. The lowest BCUT2D eigenvalue weighted by Crippen LogP contribution is -2.10. The lowest BCUT2D eigenvalue weighted by molar-refractivity contribution is 0.482. The van der Waals surface area contributed by atoms with Crippen molar-refractivity contribution in [2.45, 2.75) is 0 Å². The number of aromatic hydroxyl groups is 1. The summed E-state index contributed by atoms with van der Waals surface area (Å²) in [4.78, 5) is 14.5. The van der Waals surface area contributed by atoms with Gasteiger partial charge in [-0.1, -0.05) is 12.1 Å². The van der Waals surface area contributed by atoms with Crippen LogP contribution in [-0.4, -0.2) is 30.7 Å². The maximum Gasteiger partial charge on any atom is 0.263 e. The van der Waals surface area contributed by atoms with Crippen molar-refractivity contribution >= 4 is 10.9 Å². The summed E-state index contributed by atoms with van der Waals surface area (Å²) in [5, 5.41) is 23.6. The zero-order chi connectivity index (χ0) is 11.8. The molecule has 0 saturated carbocycles. The van der Waals surface area contributed by atoms with Crippen LogP contribution in [0, 0.1) is 0 Å². The molecule has 0 fully saturated rings. The summed E-state index contributed by atoms with van der Waals surface area (Å²) in [6.45, 7) is 0. The zero-order valence-corrected chi connectivity index (χ0v) is 8.51. The Morgan fingerprint density at radius 1 is 1.24 bits per heavy atom. The predicted octanol–water partition coefficient (Wildman–Crippen LogP) is 0.414. The monoisotopic (exact) mass is 229 g/mol. The van der Waals surface area contributed by atoms with Crippen molar-refractivity contribution < 1.29 is 5.11 Å². The summed E-state index contributed by atoms with van der Waals surface area (Å²) in [6.07, 6.45) is 0. The molecule has 3 rings (SSSR count). The molecule has 7 nitrogen and oxygen atoms in total. The van der Waals surface area contributed by atoms with Crippen molar-refractivity contribution in [3.05, 3.63) is 34.6 Å². The minimum absolute atomic E-state index is 0.0115. The topological polar surface area (TPSA) is 108 Å². The molecule has 3 aromatic rings. The Kier molecular flexibility index (Phi) is 1.91. The molecule has 17 heavy (non-hydrogen) atoms. The van der Waals surface area contributed by atoms with Gasteiger partial charge in [0, 0.05) is 5.39 Å². The van der Waals surface area contributed by atoms with E-state index in [-0.39, 0.29) is 17.1 Å². The number of nitrogens with one attached hydrogen (secondary N) is 2. The molecule has 0 bridgehead atoms. The fourth-order valence-corrected chi connectivity index (χ4v) is 1.70. The summed E-state index contributed by atoms with van der Waals surface area (Å²) in [5.74, 6) is -0.0831. The average molecular weight is 229 g/mol. The van der Waals surface area contributed by atoms with Gasteiger partial charge in [0.1, 0.15) is 11.3 Å². The number of pyridine rings is 1. The molecule has 0 atom stereocenters. The summed E-state index contributed by atoms with van der Waals surface area (Å²) in [7, 11) is 0. The standard InChI is InChI=1S/C10H7N5O2/c16-8-5-3-1-2-4-6(5)11-10(17)7(8)9-12-14-15-13-9/h1-4H,(H2,11,16,17)(H,12,13,14,15). The molecule has 0 aliphatic heterocycles. The Hall–Kier alpha value is -2.70. The Labute approximate surface area is 94.1 Å². The highest BCUT2D eigenvalue weighted by molar-refractivity contribution is 5.90. The van der Waals surface area contributed by atoms with Gasteiger partial charge in [0.05, 0.1) is 5.52 Å². The van der Waals surface area contributed by atoms with Crippen LogP contribution in [0.1, 0.15) is 0 Å². The van der Waals surface area contributed by atoms with E-state index in [1.807, 2.05) is 0 Å². The van der Waals surface area contributed by atoms with E-state index >= 15 is 0 Å². The van der Waals surface area contributed by atoms with Crippen LogP contribution in [0.4, 0.5) is 0 Å². The number of aromatic nitrogens is 5. The quantitative estimate of drug-likeness (QED) is 0.560. The van der Waals surface area contributed by atoms with Crippen molar-refractivity contribution in [3.8, 4) is 17.1 Å². The van der Waals surface area contributed by atoms with E-state index in [4.69, 9.17) is 0 Å². The second-order valence-corrected chi connectivity index (χ2v) is 3.46. The van der Waals surface area contributed by atoms with E-state index in [2.05, 4.69) is 25.6 Å². The third kappa shape index (κ3) is 1.36.